The largest absolute Gasteiger partial charge is 0.342 e. The molecule has 0 atom stereocenters. The fourth-order valence-electron chi connectivity index (χ4n) is 3.42. The van der Waals surface area contributed by atoms with Crippen LogP contribution in [-0.2, 0) is 16.0 Å². The minimum atomic E-state index is -0.337. The number of hydrogen-bond donors (Lipinski definition) is 0. The Hall–Kier alpha value is -1.91. The summed E-state index contributed by atoms with van der Waals surface area (Å²) in [5.41, 5.74) is 0.433. The average Bonchev–Trinajstić information content (AvgIpc) is 2.63. The molecule has 0 spiro atoms. The molecular weight excluding hydrogens is 319 g/mol. The van der Waals surface area contributed by atoms with Crippen molar-refractivity contribution in [2.45, 2.75) is 46.0 Å². The number of halogens is 1. The molecule has 1 aromatic carbocycles. The SMILES string of the molecule is CCCN(CCC)C(=O)C1CCN(C(=O)Cc2ccccc2F)CC1. The first-order valence-corrected chi connectivity index (χ1v) is 9.36. The van der Waals surface area contributed by atoms with E-state index in [4.69, 9.17) is 0 Å². The number of carbonyl (C=O) groups is 2. The highest BCUT2D eigenvalue weighted by atomic mass is 19.1. The van der Waals surface area contributed by atoms with Crippen LogP contribution in [0, 0.1) is 11.7 Å². The van der Waals surface area contributed by atoms with Gasteiger partial charge in [0.25, 0.3) is 0 Å². The van der Waals surface area contributed by atoms with Crippen LogP contribution in [-0.4, -0.2) is 47.8 Å². The molecule has 1 aliphatic heterocycles. The summed E-state index contributed by atoms with van der Waals surface area (Å²) in [6.45, 7) is 6.93. The fraction of sp³-hybridized carbons (Fsp3) is 0.600. The molecule has 5 heteroatoms. The smallest absolute Gasteiger partial charge is 0.227 e. The van der Waals surface area contributed by atoms with Gasteiger partial charge in [-0.2, -0.15) is 0 Å². The summed E-state index contributed by atoms with van der Waals surface area (Å²) in [4.78, 5) is 28.8. The Kier molecular flexibility index (Phi) is 7.41. The number of benzene rings is 1. The zero-order valence-corrected chi connectivity index (χ0v) is 15.3. The first-order chi connectivity index (χ1) is 12.1. The molecule has 1 aliphatic rings. The average molecular weight is 348 g/mol. The normalized spacial score (nSPS) is 15.2. The van der Waals surface area contributed by atoms with Gasteiger partial charge in [0.1, 0.15) is 5.82 Å². The Bertz CT molecular complexity index is 577. The van der Waals surface area contributed by atoms with E-state index >= 15 is 0 Å². The Labute approximate surface area is 150 Å². The van der Waals surface area contributed by atoms with E-state index in [1.54, 1.807) is 23.1 Å². The number of carbonyl (C=O) groups excluding carboxylic acids is 2. The third-order valence-corrected chi connectivity index (χ3v) is 4.80. The number of hydrogen-bond acceptors (Lipinski definition) is 2. The second kappa shape index (κ2) is 9.54. The van der Waals surface area contributed by atoms with Crippen LogP contribution in [0.3, 0.4) is 0 Å². The van der Waals surface area contributed by atoms with Crippen LogP contribution >= 0.6 is 0 Å². The quantitative estimate of drug-likeness (QED) is 0.759. The van der Waals surface area contributed by atoms with Gasteiger partial charge >= 0.3 is 0 Å². The number of piperidine rings is 1. The van der Waals surface area contributed by atoms with Crippen LogP contribution in [0.15, 0.2) is 24.3 Å². The van der Waals surface area contributed by atoms with Crippen molar-refractivity contribution < 1.29 is 14.0 Å². The Morgan fingerprint density at radius 3 is 2.28 bits per heavy atom. The van der Waals surface area contributed by atoms with E-state index in [1.165, 1.54) is 6.07 Å². The maximum Gasteiger partial charge on any atom is 0.227 e. The molecule has 1 aromatic rings. The molecule has 0 aliphatic carbocycles. The van der Waals surface area contributed by atoms with Crippen molar-refractivity contribution in [3.63, 3.8) is 0 Å². The molecule has 138 valence electrons. The van der Waals surface area contributed by atoms with Crippen LogP contribution in [0.5, 0.6) is 0 Å². The van der Waals surface area contributed by atoms with Gasteiger partial charge in [0, 0.05) is 32.1 Å². The van der Waals surface area contributed by atoms with E-state index in [2.05, 4.69) is 13.8 Å². The monoisotopic (exact) mass is 348 g/mol. The first kappa shape index (κ1) is 19.4. The van der Waals surface area contributed by atoms with E-state index in [-0.39, 0.29) is 30.0 Å². The lowest BCUT2D eigenvalue weighted by atomic mass is 9.94. The first-order valence-electron chi connectivity index (χ1n) is 9.36. The molecule has 4 nitrogen and oxygen atoms in total. The zero-order valence-electron chi connectivity index (χ0n) is 15.3. The summed E-state index contributed by atoms with van der Waals surface area (Å²) < 4.78 is 13.7. The van der Waals surface area contributed by atoms with Gasteiger partial charge in [-0.15, -0.1) is 0 Å². The van der Waals surface area contributed by atoms with Crippen molar-refractivity contribution in [1.82, 2.24) is 9.80 Å². The predicted octanol–water partition coefficient (Wildman–Crippen LogP) is 3.26. The molecule has 2 rings (SSSR count). The molecule has 0 N–H and O–H groups in total. The summed E-state index contributed by atoms with van der Waals surface area (Å²) in [5.74, 6) is -0.161. The van der Waals surface area contributed by atoms with Gasteiger partial charge in [-0.25, -0.2) is 4.39 Å². The predicted molar refractivity (Wildman–Crippen MR) is 96.6 cm³/mol. The van der Waals surface area contributed by atoms with E-state index in [9.17, 15) is 14.0 Å². The second-order valence-electron chi connectivity index (χ2n) is 6.75. The molecule has 0 radical (unpaired) electrons. The van der Waals surface area contributed by atoms with E-state index in [1.807, 2.05) is 4.90 Å². The number of rotatable bonds is 7. The van der Waals surface area contributed by atoms with E-state index < -0.39 is 0 Å². The van der Waals surface area contributed by atoms with Crippen LogP contribution in [0.2, 0.25) is 0 Å². The highest BCUT2D eigenvalue weighted by Crippen LogP contribution is 2.21. The van der Waals surface area contributed by atoms with Gasteiger partial charge in [-0.1, -0.05) is 32.0 Å². The molecule has 2 amide bonds. The Morgan fingerprint density at radius 1 is 1.12 bits per heavy atom. The summed E-state index contributed by atoms with van der Waals surface area (Å²) in [6, 6.07) is 6.39. The van der Waals surface area contributed by atoms with Gasteiger partial charge in [-0.05, 0) is 37.3 Å². The van der Waals surface area contributed by atoms with Crippen molar-refractivity contribution in [2.75, 3.05) is 26.2 Å². The van der Waals surface area contributed by atoms with Gasteiger partial charge in [-0.3, -0.25) is 9.59 Å². The standard InChI is InChI=1S/C20H29FN2O2/c1-3-11-23(12-4-2)20(25)16-9-13-22(14-10-16)19(24)15-17-7-5-6-8-18(17)21/h5-8,16H,3-4,9-15H2,1-2H3. The summed E-state index contributed by atoms with van der Waals surface area (Å²) in [7, 11) is 0. The Morgan fingerprint density at radius 2 is 1.72 bits per heavy atom. The van der Waals surface area contributed by atoms with Gasteiger partial charge < -0.3 is 9.80 Å². The molecule has 0 saturated carbocycles. The van der Waals surface area contributed by atoms with Crippen molar-refractivity contribution in [3.05, 3.63) is 35.6 Å². The van der Waals surface area contributed by atoms with Gasteiger partial charge in [0.2, 0.25) is 11.8 Å². The Balaban J connectivity index is 1.87. The molecule has 1 heterocycles. The van der Waals surface area contributed by atoms with Crippen molar-refractivity contribution in [3.8, 4) is 0 Å². The van der Waals surface area contributed by atoms with E-state index in [0.29, 0.717) is 31.5 Å². The van der Waals surface area contributed by atoms with Crippen molar-refractivity contribution >= 4 is 11.8 Å². The minimum absolute atomic E-state index is 0.00983. The van der Waals surface area contributed by atoms with Crippen LogP contribution < -0.4 is 0 Å². The number of likely N-dealkylation sites (tertiary alicyclic amines) is 1. The van der Waals surface area contributed by atoms with Crippen LogP contribution in [0.4, 0.5) is 4.39 Å². The molecule has 1 saturated heterocycles. The van der Waals surface area contributed by atoms with Crippen LogP contribution in [0.25, 0.3) is 0 Å². The lowest BCUT2D eigenvalue weighted by Crippen LogP contribution is -2.45. The molecule has 0 unspecified atom stereocenters. The van der Waals surface area contributed by atoms with Crippen molar-refractivity contribution in [2.24, 2.45) is 5.92 Å². The lowest BCUT2D eigenvalue weighted by Gasteiger charge is -2.34. The zero-order chi connectivity index (χ0) is 18.2. The number of nitrogens with zero attached hydrogens (tertiary/aromatic N) is 2. The maximum absolute atomic E-state index is 13.7. The molecule has 0 bridgehead atoms. The second-order valence-corrected chi connectivity index (χ2v) is 6.75. The topological polar surface area (TPSA) is 40.6 Å². The van der Waals surface area contributed by atoms with Gasteiger partial charge in [0.05, 0.1) is 6.42 Å². The minimum Gasteiger partial charge on any atom is -0.342 e. The third-order valence-electron chi connectivity index (χ3n) is 4.80. The van der Waals surface area contributed by atoms with Crippen molar-refractivity contribution in [1.29, 1.82) is 0 Å². The summed E-state index contributed by atoms with van der Waals surface area (Å²) in [5, 5.41) is 0. The molecule has 0 aromatic heterocycles. The maximum atomic E-state index is 13.7. The fourth-order valence-corrected chi connectivity index (χ4v) is 3.42. The highest BCUT2D eigenvalue weighted by molar-refractivity contribution is 5.81. The summed E-state index contributed by atoms with van der Waals surface area (Å²) in [6.07, 6.45) is 3.41. The summed E-state index contributed by atoms with van der Waals surface area (Å²) >= 11 is 0. The number of amides is 2. The van der Waals surface area contributed by atoms with Crippen LogP contribution in [0.1, 0.15) is 45.1 Å². The molecule has 25 heavy (non-hydrogen) atoms. The lowest BCUT2D eigenvalue weighted by molar-refractivity contribution is -0.140. The highest BCUT2D eigenvalue weighted by Gasteiger charge is 2.29. The molecule has 1 fully saturated rings. The third kappa shape index (κ3) is 5.28. The molecular formula is C20H29FN2O2. The van der Waals surface area contributed by atoms with E-state index in [0.717, 1.165) is 25.9 Å². The van der Waals surface area contributed by atoms with Gasteiger partial charge in [0.15, 0.2) is 0 Å².